The maximum absolute atomic E-state index is 3.77. The highest BCUT2D eigenvalue weighted by Gasteiger charge is 2.07. The van der Waals surface area contributed by atoms with Crippen LogP contribution in [-0.2, 0) is 6.54 Å². The molecule has 0 aliphatic carbocycles. The van der Waals surface area contributed by atoms with E-state index in [9.17, 15) is 0 Å². The van der Waals surface area contributed by atoms with E-state index in [1.165, 1.54) is 62.5 Å². The number of hydrogen-bond donors (Lipinski definition) is 1. The molecule has 0 bridgehead atoms. The number of rotatable bonds is 11. The lowest BCUT2D eigenvalue weighted by Gasteiger charge is -2.19. The fourth-order valence-electron chi connectivity index (χ4n) is 2.60. The summed E-state index contributed by atoms with van der Waals surface area (Å²) in [5.74, 6) is 0. The van der Waals surface area contributed by atoms with Gasteiger partial charge in [-0.15, -0.1) is 0 Å². The molecule has 0 aliphatic rings. The van der Waals surface area contributed by atoms with Crippen molar-refractivity contribution in [3.8, 4) is 0 Å². The molecule has 0 radical (unpaired) electrons. The molecule has 1 rings (SSSR count). The van der Waals surface area contributed by atoms with Gasteiger partial charge in [0.25, 0.3) is 0 Å². The summed E-state index contributed by atoms with van der Waals surface area (Å²) < 4.78 is 0. The van der Waals surface area contributed by atoms with Gasteiger partial charge in [-0.2, -0.15) is 0 Å². The van der Waals surface area contributed by atoms with Gasteiger partial charge in [0.2, 0.25) is 0 Å². The molecule has 1 N–H and O–H groups in total. The van der Waals surface area contributed by atoms with Gasteiger partial charge < -0.3 is 5.32 Å². The molecule has 20 heavy (non-hydrogen) atoms. The van der Waals surface area contributed by atoms with Gasteiger partial charge in [-0.3, -0.25) is 0 Å². The first-order valence-corrected chi connectivity index (χ1v) is 8.55. The first-order chi connectivity index (χ1) is 9.76. The highest BCUT2D eigenvalue weighted by atomic mass is 14.9. The normalized spacial score (nSPS) is 11.2. The molecule has 1 aromatic rings. The summed E-state index contributed by atoms with van der Waals surface area (Å²) in [4.78, 5) is 0. The summed E-state index contributed by atoms with van der Waals surface area (Å²) >= 11 is 0. The number of aryl methyl sites for hydroxylation is 1. The van der Waals surface area contributed by atoms with Crippen LogP contribution in [0.4, 0.5) is 0 Å². The Morgan fingerprint density at radius 2 is 1.40 bits per heavy atom. The Kier molecular flexibility index (Phi) is 9.40. The minimum Gasteiger partial charge on any atom is -0.310 e. The van der Waals surface area contributed by atoms with Crippen LogP contribution < -0.4 is 5.32 Å². The Morgan fingerprint density at radius 1 is 0.850 bits per heavy atom. The maximum Gasteiger partial charge on any atom is 0.0208 e. The SMILES string of the molecule is CCCCCC(CCCCC)NCc1ccc(C)cc1. The smallest absolute Gasteiger partial charge is 0.0208 e. The third-order valence-electron chi connectivity index (χ3n) is 4.03. The van der Waals surface area contributed by atoms with Gasteiger partial charge in [0.1, 0.15) is 0 Å². The zero-order chi connectivity index (χ0) is 14.6. The first-order valence-electron chi connectivity index (χ1n) is 8.55. The second-order valence-electron chi connectivity index (χ2n) is 6.05. The van der Waals surface area contributed by atoms with Crippen LogP contribution in [0.15, 0.2) is 24.3 Å². The third kappa shape index (κ3) is 7.69. The van der Waals surface area contributed by atoms with Crippen molar-refractivity contribution in [3.63, 3.8) is 0 Å². The fourth-order valence-corrected chi connectivity index (χ4v) is 2.60. The predicted molar refractivity (Wildman–Crippen MR) is 90.1 cm³/mol. The lowest BCUT2D eigenvalue weighted by Crippen LogP contribution is -2.28. The second-order valence-corrected chi connectivity index (χ2v) is 6.05. The maximum atomic E-state index is 3.77. The molecule has 0 unspecified atom stereocenters. The summed E-state index contributed by atoms with van der Waals surface area (Å²) in [6.07, 6.45) is 10.8. The molecule has 0 spiro atoms. The quantitative estimate of drug-likeness (QED) is 0.517. The largest absolute Gasteiger partial charge is 0.310 e. The fraction of sp³-hybridized carbons (Fsp3) is 0.684. The Bertz CT molecular complexity index is 318. The van der Waals surface area contributed by atoms with Crippen LogP contribution in [0.5, 0.6) is 0 Å². The summed E-state index contributed by atoms with van der Waals surface area (Å²) in [7, 11) is 0. The molecule has 1 nitrogen and oxygen atoms in total. The van der Waals surface area contributed by atoms with Crippen LogP contribution in [-0.4, -0.2) is 6.04 Å². The van der Waals surface area contributed by atoms with E-state index in [1.807, 2.05) is 0 Å². The Labute approximate surface area is 126 Å². The summed E-state index contributed by atoms with van der Waals surface area (Å²) in [6.45, 7) is 7.73. The molecule has 0 saturated carbocycles. The van der Waals surface area contributed by atoms with E-state index < -0.39 is 0 Å². The van der Waals surface area contributed by atoms with E-state index in [1.54, 1.807) is 0 Å². The average molecular weight is 275 g/mol. The molecular weight excluding hydrogens is 242 g/mol. The molecule has 0 saturated heterocycles. The van der Waals surface area contributed by atoms with Crippen LogP contribution in [0, 0.1) is 6.92 Å². The lowest BCUT2D eigenvalue weighted by molar-refractivity contribution is 0.417. The van der Waals surface area contributed by atoms with Gasteiger partial charge in [0, 0.05) is 12.6 Å². The van der Waals surface area contributed by atoms with E-state index in [0.717, 1.165) is 6.54 Å². The van der Waals surface area contributed by atoms with Gasteiger partial charge in [0.15, 0.2) is 0 Å². The summed E-state index contributed by atoms with van der Waals surface area (Å²) in [5.41, 5.74) is 2.75. The van der Waals surface area contributed by atoms with E-state index in [-0.39, 0.29) is 0 Å². The van der Waals surface area contributed by atoms with Crippen molar-refractivity contribution in [1.29, 1.82) is 0 Å². The standard InChI is InChI=1S/C19H33N/c1-4-6-8-10-19(11-9-7-5-2)20-16-18-14-12-17(3)13-15-18/h12-15,19-20H,4-11,16H2,1-3H3. The van der Waals surface area contributed by atoms with E-state index >= 15 is 0 Å². The van der Waals surface area contributed by atoms with E-state index in [4.69, 9.17) is 0 Å². The summed E-state index contributed by atoms with van der Waals surface area (Å²) in [6, 6.07) is 9.62. The zero-order valence-corrected chi connectivity index (χ0v) is 13.8. The van der Waals surface area contributed by atoms with Gasteiger partial charge in [-0.05, 0) is 25.3 Å². The van der Waals surface area contributed by atoms with Crippen LogP contribution in [0.2, 0.25) is 0 Å². The van der Waals surface area contributed by atoms with Crippen LogP contribution in [0.3, 0.4) is 0 Å². The van der Waals surface area contributed by atoms with Crippen molar-refractivity contribution in [2.24, 2.45) is 0 Å². The molecule has 0 fully saturated rings. The van der Waals surface area contributed by atoms with E-state index in [2.05, 4.69) is 50.4 Å². The average Bonchev–Trinajstić information content (AvgIpc) is 2.46. The van der Waals surface area contributed by atoms with Gasteiger partial charge >= 0.3 is 0 Å². The molecular formula is C19H33N. The monoisotopic (exact) mass is 275 g/mol. The molecule has 1 aromatic carbocycles. The van der Waals surface area contributed by atoms with Gasteiger partial charge in [-0.1, -0.05) is 82.2 Å². The number of benzene rings is 1. The molecule has 0 atom stereocenters. The summed E-state index contributed by atoms with van der Waals surface area (Å²) in [5, 5.41) is 3.77. The van der Waals surface area contributed by atoms with Crippen LogP contribution in [0.25, 0.3) is 0 Å². The molecule has 0 heterocycles. The van der Waals surface area contributed by atoms with E-state index in [0.29, 0.717) is 6.04 Å². The second kappa shape index (κ2) is 10.9. The minimum absolute atomic E-state index is 0.703. The Hall–Kier alpha value is -0.820. The van der Waals surface area contributed by atoms with Crippen molar-refractivity contribution in [2.45, 2.75) is 84.7 Å². The number of hydrogen-bond acceptors (Lipinski definition) is 1. The minimum atomic E-state index is 0.703. The Morgan fingerprint density at radius 3 is 1.90 bits per heavy atom. The van der Waals surface area contributed by atoms with Crippen molar-refractivity contribution in [2.75, 3.05) is 0 Å². The van der Waals surface area contributed by atoms with Crippen LogP contribution >= 0.6 is 0 Å². The van der Waals surface area contributed by atoms with Gasteiger partial charge in [-0.25, -0.2) is 0 Å². The Balaban J connectivity index is 2.35. The molecule has 0 aliphatic heterocycles. The molecule has 0 aromatic heterocycles. The van der Waals surface area contributed by atoms with Crippen molar-refractivity contribution in [3.05, 3.63) is 35.4 Å². The number of unbranched alkanes of at least 4 members (excludes halogenated alkanes) is 4. The molecule has 114 valence electrons. The molecule has 0 amide bonds. The van der Waals surface area contributed by atoms with Crippen molar-refractivity contribution in [1.82, 2.24) is 5.32 Å². The van der Waals surface area contributed by atoms with Gasteiger partial charge in [0.05, 0.1) is 0 Å². The van der Waals surface area contributed by atoms with Crippen molar-refractivity contribution >= 4 is 0 Å². The predicted octanol–water partition coefficient (Wildman–Crippen LogP) is 5.61. The van der Waals surface area contributed by atoms with Crippen LogP contribution in [0.1, 0.15) is 76.3 Å². The topological polar surface area (TPSA) is 12.0 Å². The lowest BCUT2D eigenvalue weighted by atomic mass is 10.0. The third-order valence-corrected chi connectivity index (χ3v) is 4.03. The zero-order valence-electron chi connectivity index (χ0n) is 13.8. The highest BCUT2D eigenvalue weighted by molar-refractivity contribution is 5.21. The van der Waals surface area contributed by atoms with Crippen molar-refractivity contribution < 1.29 is 0 Å². The number of nitrogens with one attached hydrogen (secondary N) is 1. The molecule has 1 heteroatoms. The first kappa shape index (κ1) is 17.2. The highest BCUT2D eigenvalue weighted by Crippen LogP contribution is 2.12.